The highest BCUT2D eigenvalue weighted by atomic mass is 19.4. The summed E-state index contributed by atoms with van der Waals surface area (Å²) in [4.78, 5) is 4.85. The van der Waals surface area contributed by atoms with Crippen LogP contribution in [0.2, 0.25) is 0 Å². The van der Waals surface area contributed by atoms with Crippen molar-refractivity contribution in [3.8, 4) is 73.1 Å². The number of benzene rings is 9. The van der Waals surface area contributed by atoms with E-state index in [9.17, 15) is 57.9 Å². The highest BCUT2D eigenvalue weighted by Gasteiger charge is 2.39. The number of halogens is 12. The van der Waals surface area contributed by atoms with Crippen LogP contribution in [0.25, 0.3) is 111 Å². The number of alkyl halides is 12. The summed E-state index contributed by atoms with van der Waals surface area (Å²) >= 11 is 0. The van der Waals surface area contributed by atoms with E-state index in [1.165, 1.54) is 24.3 Å². The van der Waals surface area contributed by atoms with Crippen LogP contribution in [0.3, 0.4) is 0 Å². The number of nitriles is 1. The summed E-state index contributed by atoms with van der Waals surface area (Å²) in [5.41, 5.74) is 4.57. The molecule has 0 radical (unpaired) electrons. The number of fused-ring (bicyclic) bond motifs is 6. The van der Waals surface area contributed by atoms with Crippen LogP contribution in [-0.2, 0) is 24.7 Å². The van der Waals surface area contributed by atoms with Crippen molar-refractivity contribution in [2.45, 2.75) is 52.4 Å². The van der Waals surface area contributed by atoms with E-state index < -0.39 is 52.5 Å². The molecule has 0 amide bonds. The Kier molecular flexibility index (Phi) is 12.9. The highest BCUT2D eigenvalue weighted by molar-refractivity contribution is 6.14. The van der Waals surface area contributed by atoms with Gasteiger partial charge in [0.1, 0.15) is 0 Å². The molecule has 0 N–H and O–H groups in total. The molecule has 0 fully saturated rings. The maximum Gasteiger partial charge on any atom is 0.417 e. The Morgan fingerprint density at radius 1 is 0.357 bits per heavy atom. The Hall–Kier alpha value is -9.62. The van der Waals surface area contributed by atoms with Gasteiger partial charge in [0.15, 0.2) is 0 Å². The molecule has 9 aromatic carbocycles. The van der Waals surface area contributed by atoms with Gasteiger partial charge in [-0.05, 0) is 180 Å². The highest BCUT2D eigenvalue weighted by Crippen LogP contribution is 2.48. The number of hydrogen-bond donors (Lipinski definition) is 0. The monoisotopic (exact) mass is 1140 g/mol. The Labute approximate surface area is 471 Å². The normalized spacial score (nSPS) is 12.5. The number of aryl methyl sites for hydroxylation is 4. The van der Waals surface area contributed by atoms with Gasteiger partial charge in [0.25, 0.3) is 0 Å². The van der Waals surface area contributed by atoms with Crippen LogP contribution in [0.5, 0.6) is 0 Å². The number of pyridine rings is 1. The molecule has 12 aromatic rings. The van der Waals surface area contributed by atoms with Crippen LogP contribution >= 0.6 is 0 Å². The van der Waals surface area contributed by atoms with Gasteiger partial charge in [-0.15, -0.1) is 0 Å². The standard InChI is InChI=1S/C68H42F12N4/c1-36-5-17-48(38(3)25-36)42-11-21-58-52(28-42)55-31-45(51-20-16-47(66(72,73)74)32-57(51)68(78,79)80)14-24-61(55)83(58)62-34-82-35-63(64(62)41-9-7-40(33-81)8-10-41)84-59-22-12-43(49-19-15-46(27-39(49)4)65(69,70)71)29-53(59)54-30-44(13-23-60(54)84)50-18-6-37(2)26-56(50)67(75,76)77/h5-32,34-35H,1-4H3. The molecular weight excluding hydrogens is 1100 g/mol. The fraction of sp³-hybridized carbons (Fsp3) is 0.118. The molecule has 0 bridgehead atoms. The van der Waals surface area contributed by atoms with Crippen molar-refractivity contribution >= 4 is 43.6 Å². The van der Waals surface area contributed by atoms with Gasteiger partial charge in [-0.2, -0.15) is 57.9 Å². The molecule has 0 saturated carbocycles. The summed E-state index contributed by atoms with van der Waals surface area (Å²) < 4.78 is 177. The van der Waals surface area contributed by atoms with Crippen LogP contribution in [0.15, 0.2) is 182 Å². The summed E-state index contributed by atoms with van der Waals surface area (Å²) in [7, 11) is 0. The molecule has 16 heteroatoms. The summed E-state index contributed by atoms with van der Waals surface area (Å²) in [6.07, 6.45) is -16.4. The van der Waals surface area contributed by atoms with Gasteiger partial charge < -0.3 is 9.13 Å². The SMILES string of the molecule is Cc1ccc(-c2ccc3c(c2)c2cc(-c4ccc(C(F)(F)F)cc4C(F)(F)F)ccc2n3-c2cncc(-n3c4ccc(-c5ccc(C(F)(F)F)cc5C)cc4c4cc(-c5ccc(C)cc5C(F)(F)F)ccc43)c2-c2ccc(C#N)cc2)c(C)c1. The van der Waals surface area contributed by atoms with Crippen LogP contribution in [0.1, 0.15) is 50.1 Å². The lowest BCUT2D eigenvalue weighted by Gasteiger charge is -2.20. The van der Waals surface area contributed by atoms with E-state index >= 15 is 0 Å². The summed E-state index contributed by atoms with van der Waals surface area (Å²) in [5, 5.41) is 12.0. The van der Waals surface area contributed by atoms with E-state index in [0.717, 1.165) is 46.5 Å². The molecule has 0 aliphatic heterocycles. The molecule has 0 aliphatic carbocycles. The molecule has 0 saturated heterocycles. The quantitative estimate of drug-likeness (QED) is 0.149. The van der Waals surface area contributed by atoms with Crippen molar-refractivity contribution in [3.05, 3.63) is 232 Å². The Bertz CT molecular complexity index is 4700. The smallest absolute Gasteiger partial charge is 0.307 e. The van der Waals surface area contributed by atoms with E-state index in [2.05, 4.69) is 6.07 Å². The van der Waals surface area contributed by atoms with Crippen molar-refractivity contribution in [2.75, 3.05) is 0 Å². The van der Waals surface area contributed by atoms with Gasteiger partial charge >= 0.3 is 24.7 Å². The van der Waals surface area contributed by atoms with Gasteiger partial charge in [0, 0.05) is 27.1 Å². The van der Waals surface area contributed by atoms with Gasteiger partial charge in [0.2, 0.25) is 0 Å². The summed E-state index contributed by atoms with van der Waals surface area (Å²) in [5.74, 6) is 0. The average molecular weight is 1140 g/mol. The number of nitrogens with zero attached hydrogens (tertiary/aromatic N) is 4. The minimum Gasteiger partial charge on any atom is -0.307 e. The zero-order valence-electron chi connectivity index (χ0n) is 44.6. The Morgan fingerprint density at radius 2 is 0.714 bits per heavy atom. The average Bonchev–Trinajstić information content (AvgIpc) is 2.97. The molecule has 418 valence electrons. The van der Waals surface area contributed by atoms with Crippen molar-refractivity contribution in [2.24, 2.45) is 0 Å². The molecule has 84 heavy (non-hydrogen) atoms. The van der Waals surface area contributed by atoms with E-state index in [1.807, 2.05) is 59.4 Å². The van der Waals surface area contributed by atoms with Crippen LogP contribution in [-0.4, -0.2) is 14.1 Å². The predicted octanol–water partition coefficient (Wildman–Crippen LogP) is 20.8. The first-order valence-corrected chi connectivity index (χ1v) is 26.2. The largest absolute Gasteiger partial charge is 0.417 e. The number of hydrogen-bond acceptors (Lipinski definition) is 2. The zero-order chi connectivity index (χ0) is 59.5. The maximum atomic E-state index is 14.9. The van der Waals surface area contributed by atoms with Gasteiger partial charge in [-0.1, -0.05) is 90.0 Å². The topological polar surface area (TPSA) is 46.5 Å². The molecule has 3 heterocycles. The molecule has 0 aliphatic rings. The maximum absolute atomic E-state index is 14.9. The van der Waals surface area contributed by atoms with Gasteiger partial charge in [-0.3, -0.25) is 4.98 Å². The van der Waals surface area contributed by atoms with Crippen LogP contribution in [0, 0.1) is 39.0 Å². The van der Waals surface area contributed by atoms with Gasteiger partial charge in [-0.25, -0.2) is 0 Å². The Morgan fingerprint density at radius 3 is 1.12 bits per heavy atom. The lowest BCUT2D eigenvalue weighted by Crippen LogP contribution is -2.12. The van der Waals surface area contributed by atoms with E-state index in [-0.39, 0.29) is 22.8 Å². The number of rotatable bonds is 7. The van der Waals surface area contributed by atoms with Crippen molar-refractivity contribution in [3.63, 3.8) is 0 Å². The summed E-state index contributed by atoms with van der Waals surface area (Å²) in [6.45, 7) is 7.02. The van der Waals surface area contributed by atoms with E-state index in [1.54, 1.807) is 99.0 Å². The Balaban J connectivity index is 1.17. The molecule has 0 atom stereocenters. The molecular formula is C68H42F12N4. The summed E-state index contributed by atoms with van der Waals surface area (Å²) in [6, 6.07) is 44.2. The lowest BCUT2D eigenvalue weighted by atomic mass is 9.94. The number of aromatic nitrogens is 3. The third-order valence-corrected chi connectivity index (χ3v) is 15.5. The second-order valence-electron chi connectivity index (χ2n) is 21.0. The van der Waals surface area contributed by atoms with Crippen molar-refractivity contribution < 1.29 is 52.7 Å². The molecule has 4 nitrogen and oxygen atoms in total. The zero-order valence-corrected chi connectivity index (χ0v) is 44.6. The van der Waals surface area contributed by atoms with Crippen molar-refractivity contribution in [1.82, 2.24) is 14.1 Å². The minimum absolute atomic E-state index is 0.0118. The minimum atomic E-state index is -5.18. The fourth-order valence-corrected chi connectivity index (χ4v) is 11.7. The third kappa shape index (κ3) is 9.56. The van der Waals surface area contributed by atoms with E-state index in [4.69, 9.17) is 4.98 Å². The second kappa shape index (κ2) is 19.8. The lowest BCUT2D eigenvalue weighted by molar-refractivity contribution is -0.143. The van der Waals surface area contributed by atoms with E-state index in [0.29, 0.717) is 100.0 Å². The fourth-order valence-electron chi connectivity index (χ4n) is 11.7. The van der Waals surface area contributed by atoms with Crippen LogP contribution < -0.4 is 0 Å². The molecule has 0 unspecified atom stereocenters. The van der Waals surface area contributed by atoms with Crippen molar-refractivity contribution in [1.29, 1.82) is 5.26 Å². The van der Waals surface area contributed by atoms with Gasteiger partial charge in [0.05, 0.1) is 79.7 Å². The molecule has 3 aromatic heterocycles. The van der Waals surface area contributed by atoms with Crippen LogP contribution in [0.4, 0.5) is 52.7 Å². The second-order valence-corrected chi connectivity index (χ2v) is 21.0. The molecule has 12 rings (SSSR count). The first-order valence-electron chi connectivity index (χ1n) is 26.2. The first-order chi connectivity index (χ1) is 39.8. The predicted molar refractivity (Wildman–Crippen MR) is 304 cm³/mol. The first kappa shape index (κ1) is 54.9. The molecule has 0 spiro atoms. The third-order valence-electron chi connectivity index (χ3n) is 15.5.